The molecule has 2 amide bonds. The van der Waals surface area contributed by atoms with E-state index in [2.05, 4.69) is 39.8 Å². The molecule has 2 atom stereocenters. The van der Waals surface area contributed by atoms with Crippen molar-refractivity contribution in [2.45, 2.75) is 57.2 Å². The van der Waals surface area contributed by atoms with Gasteiger partial charge < -0.3 is 15.7 Å². The second kappa shape index (κ2) is 10.1. The summed E-state index contributed by atoms with van der Waals surface area (Å²) in [6.07, 6.45) is 3.22. The van der Waals surface area contributed by atoms with Crippen LogP contribution in [0.1, 0.15) is 54.9 Å². The molecule has 0 aromatic heterocycles. The molecule has 0 aliphatic carbocycles. The highest BCUT2D eigenvalue weighted by atomic mass is 16.3. The Balaban J connectivity index is 1.24. The fourth-order valence-electron chi connectivity index (χ4n) is 4.50. The van der Waals surface area contributed by atoms with Crippen molar-refractivity contribution in [2.24, 2.45) is 0 Å². The van der Waals surface area contributed by atoms with E-state index in [-0.39, 0.29) is 17.9 Å². The minimum atomic E-state index is -0.686. The van der Waals surface area contributed by atoms with Crippen molar-refractivity contribution in [1.82, 2.24) is 10.2 Å². The third kappa shape index (κ3) is 5.93. The molecule has 2 unspecified atom stereocenters. The molecule has 0 bridgehead atoms. The maximum atomic E-state index is 12.5. The highest BCUT2D eigenvalue weighted by Crippen LogP contribution is 2.27. The second-order valence-electron chi connectivity index (χ2n) is 8.65. The number of nitrogens with zero attached hydrogens (tertiary/aromatic N) is 1. The highest BCUT2D eigenvalue weighted by Gasteiger charge is 2.22. The lowest BCUT2D eigenvalue weighted by molar-refractivity contribution is -0.122. The number of hydrogen-bond donors (Lipinski definition) is 3. The molecule has 2 aromatic rings. The summed E-state index contributed by atoms with van der Waals surface area (Å²) in [5.41, 5.74) is 3.96. The van der Waals surface area contributed by atoms with Crippen molar-refractivity contribution in [3.05, 3.63) is 65.2 Å². The lowest BCUT2D eigenvalue weighted by Crippen LogP contribution is -2.47. The van der Waals surface area contributed by atoms with Crippen LogP contribution in [0.3, 0.4) is 0 Å². The number of likely N-dealkylation sites (tertiary alicyclic amines) is 1. The zero-order valence-corrected chi connectivity index (χ0v) is 17.8. The normalized spacial score (nSPS) is 19.9. The summed E-state index contributed by atoms with van der Waals surface area (Å²) in [6, 6.07) is 16.2. The van der Waals surface area contributed by atoms with Gasteiger partial charge >= 0.3 is 0 Å². The Bertz CT molecular complexity index is 915. The summed E-state index contributed by atoms with van der Waals surface area (Å²) < 4.78 is 0. The van der Waals surface area contributed by atoms with E-state index >= 15 is 0 Å². The van der Waals surface area contributed by atoms with Gasteiger partial charge in [0.15, 0.2) is 0 Å². The van der Waals surface area contributed by atoms with Gasteiger partial charge in [0, 0.05) is 37.7 Å². The van der Waals surface area contributed by atoms with Gasteiger partial charge in [-0.2, -0.15) is 0 Å². The fourth-order valence-corrected chi connectivity index (χ4v) is 4.50. The van der Waals surface area contributed by atoms with Crippen LogP contribution in [0.4, 0.5) is 5.69 Å². The molecule has 1 fully saturated rings. The zero-order chi connectivity index (χ0) is 21.6. The molecular weight excluding hydrogens is 390 g/mol. The minimum absolute atomic E-state index is 0.00386. The van der Waals surface area contributed by atoms with E-state index in [1.165, 1.54) is 5.56 Å². The summed E-state index contributed by atoms with van der Waals surface area (Å²) >= 11 is 0. The number of anilines is 1. The summed E-state index contributed by atoms with van der Waals surface area (Å²) in [4.78, 5) is 26.4. The van der Waals surface area contributed by atoms with Gasteiger partial charge in [0.25, 0.3) is 0 Å². The average Bonchev–Trinajstić information content (AvgIpc) is 2.78. The van der Waals surface area contributed by atoms with Crippen molar-refractivity contribution in [3.8, 4) is 0 Å². The fraction of sp³-hybridized carbons (Fsp3) is 0.440. The topological polar surface area (TPSA) is 81.7 Å². The number of aliphatic hydroxyl groups is 1. The Morgan fingerprint density at radius 1 is 1.19 bits per heavy atom. The van der Waals surface area contributed by atoms with Gasteiger partial charge in [-0.05, 0) is 55.0 Å². The average molecular weight is 422 g/mol. The third-order valence-corrected chi connectivity index (χ3v) is 6.17. The number of piperidine rings is 1. The Labute approximate surface area is 183 Å². The SMILES string of the molecule is O=C1CCc2cc(C(O)CCC(=O)NC3CCCN(Cc4ccccc4)C3)ccc2N1. The quantitative estimate of drug-likeness (QED) is 0.641. The Hall–Kier alpha value is -2.70. The van der Waals surface area contributed by atoms with Crippen molar-refractivity contribution < 1.29 is 14.7 Å². The molecule has 6 heteroatoms. The zero-order valence-electron chi connectivity index (χ0n) is 17.8. The van der Waals surface area contributed by atoms with Crippen molar-refractivity contribution in [1.29, 1.82) is 0 Å². The monoisotopic (exact) mass is 421 g/mol. The number of aryl methyl sites for hydroxylation is 1. The van der Waals surface area contributed by atoms with Gasteiger partial charge in [-0.1, -0.05) is 42.5 Å². The van der Waals surface area contributed by atoms with E-state index in [0.29, 0.717) is 25.7 Å². The first kappa shape index (κ1) is 21.5. The van der Waals surface area contributed by atoms with E-state index < -0.39 is 6.10 Å². The number of rotatable bonds is 7. The number of carbonyl (C=O) groups is 2. The Morgan fingerprint density at radius 2 is 2.03 bits per heavy atom. The second-order valence-corrected chi connectivity index (χ2v) is 8.65. The maximum absolute atomic E-state index is 12.5. The first-order chi connectivity index (χ1) is 15.1. The third-order valence-electron chi connectivity index (χ3n) is 6.17. The van der Waals surface area contributed by atoms with Crippen LogP contribution in [0, 0.1) is 0 Å². The smallest absolute Gasteiger partial charge is 0.224 e. The molecule has 0 saturated carbocycles. The molecular formula is C25H31N3O3. The van der Waals surface area contributed by atoms with E-state index in [1.807, 2.05) is 24.3 Å². The molecule has 6 nitrogen and oxygen atoms in total. The van der Waals surface area contributed by atoms with Crippen LogP contribution in [0.25, 0.3) is 0 Å². The number of benzene rings is 2. The van der Waals surface area contributed by atoms with Crippen LogP contribution in [0.15, 0.2) is 48.5 Å². The molecule has 0 spiro atoms. The number of aliphatic hydroxyl groups excluding tert-OH is 1. The van der Waals surface area contributed by atoms with Crippen LogP contribution in [-0.4, -0.2) is 41.0 Å². The number of hydrogen-bond acceptors (Lipinski definition) is 4. The van der Waals surface area contributed by atoms with Gasteiger partial charge in [0.05, 0.1) is 6.10 Å². The van der Waals surface area contributed by atoms with Crippen LogP contribution in [0.2, 0.25) is 0 Å². The predicted octanol–water partition coefficient (Wildman–Crippen LogP) is 3.17. The van der Waals surface area contributed by atoms with Gasteiger partial charge in [-0.3, -0.25) is 14.5 Å². The van der Waals surface area contributed by atoms with Gasteiger partial charge in [-0.15, -0.1) is 0 Å². The minimum Gasteiger partial charge on any atom is -0.388 e. The summed E-state index contributed by atoms with van der Waals surface area (Å²) in [5.74, 6) is 0.0263. The molecule has 2 heterocycles. The van der Waals surface area contributed by atoms with Crippen LogP contribution < -0.4 is 10.6 Å². The molecule has 164 valence electrons. The maximum Gasteiger partial charge on any atom is 0.224 e. The number of nitrogens with one attached hydrogen (secondary N) is 2. The van der Waals surface area contributed by atoms with Crippen LogP contribution >= 0.6 is 0 Å². The first-order valence-corrected chi connectivity index (χ1v) is 11.2. The van der Waals surface area contributed by atoms with Crippen LogP contribution in [0.5, 0.6) is 0 Å². The molecule has 3 N–H and O–H groups in total. The van der Waals surface area contributed by atoms with E-state index in [9.17, 15) is 14.7 Å². The molecule has 0 radical (unpaired) electrons. The molecule has 1 saturated heterocycles. The van der Waals surface area contributed by atoms with Gasteiger partial charge in [0.2, 0.25) is 11.8 Å². The predicted molar refractivity (Wildman–Crippen MR) is 120 cm³/mol. The van der Waals surface area contributed by atoms with Gasteiger partial charge in [0.1, 0.15) is 0 Å². The standard InChI is InChI=1S/C25H31N3O3/c29-23(20-8-10-22-19(15-20)9-12-25(31)27-22)11-13-24(30)26-21-7-4-14-28(17-21)16-18-5-2-1-3-6-18/h1-3,5-6,8,10,15,21,23,29H,4,7,9,11-14,16-17H2,(H,26,30)(H,27,31). The number of carbonyl (C=O) groups excluding carboxylic acids is 2. The summed E-state index contributed by atoms with van der Waals surface area (Å²) in [5, 5.41) is 16.6. The summed E-state index contributed by atoms with van der Waals surface area (Å²) in [6.45, 7) is 2.82. The van der Waals surface area contributed by atoms with Crippen molar-refractivity contribution in [3.63, 3.8) is 0 Å². The largest absolute Gasteiger partial charge is 0.388 e. The Morgan fingerprint density at radius 3 is 2.87 bits per heavy atom. The van der Waals surface area contributed by atoms with E-state index in [1.54, 1.807) is 0 Å². The van der Waals surface area contributed by atoms with Crippen molar-refractivity contribution >= 4 is 17.5 Å². The molecule has 2 aliphatic rings. The number of fused-ring (bicyclic) bond motifs is 1. The molecule has 31 heavy (non-hydrogen) atoms. The van der Waals surface area contributed by atoms with E-state index in [0.717, 1.165) is 49.3 Å². The Kier molecular flexibility index (Phi) is 6.99. The van der Waals surface area contributed by atoms with Crippen molar-refractivity contribution in [2.75, 3.05) is 18.4 Å². The lowest BCUT2D eigenvalue weighted by atomic mass is 9.96. The molecule has 2 aliphatic heterocycles. The summed E-state index contributed by atoms with van der Waals surface area (Å²) in [7, 11) is 0. The first-order valence-electron chi connectivity index (χ1n) is 11.2. The lowest BCUT2D eigenvalue weighted by Gasteiger charge is -2.33. The number of amides is 2. The molecule has 2 aromatic carbocycles. The van der Waals surface area contributed by atoms with Gasteiger partial charge in [-0.25, -0.2) is 0 Å². The van der Waals surface area contributed by atoms with E-state index in [4.69, 9.17) is 0 Å². The van der Waals surface area contributed by atoms with Crippen LogP contribution in [-0.2, 0) is 22.6 Å². The highest BCUT2D eigenvalue weighted by molar-refractivity contribution is 5.93. The molecule has 4 rings (SSSR count).